The Morgan fingerprint density at radius 2 is 1.60 bits per heavy atom. The van der Waals surface area contributed by atoms with Crippen molar-refractivity contribution in [2.24, 2.45) is 17.8 Å². The van der Waals surface area contributed by atoms with Crippen LogP contribution in [-0.2, 0) is 9.53 Å². The first-order valence-electron chi connectivity index (χ1n) is 12.3. The van der Waals surface area contributed by atoms with Gasteiger partial charge in [-0.25, -0.2) is 4.79 Å². The predicted molar refractivity (Wildman–Crippen MR) is 125 cm³/mol. The largest absolute Gasteiger partial charge is 0.482 e. The Bertz CT molecular complexity index is 622. The van der Waals surface area contributed by atoms with E-state index in [2.05, 4.69) is 53.7 Å². The molecule has 1 fully saturated rings. The lowest BCUT2D eigenvalue weighted by molar-refractivity contribution is -0.172. The highest BCUT2D eigenvalue weighted by Gasteiger charge is 2.39. The summed E-state index contributed by atoms with van der Waals surface area (Å²) >= 11 is 0. The third-order valence-electron chi connectivity index (χ3n) is 7.06. The number of hydrogen-bond donors (Lipinski definition) is 0. The molecule has 0 aromatic heterocycles. The van der Waals surface area contributed by atoms with Gasteiger partial charge in [0.2, 0.25) is 0 Å². The molecule has 0 spiro atoms. The summed E-state index contributed by atoms with van der Waals surface area (Å²) in [6.45, 7) is 13.4. The van der Waals surface area contributed by atoms with E-state index in [1.165, 1.54) is 44.1 Å². The molecule has 170 valence electrons. The SMILES string of the molecule is CCC(CC)(OC(=O)COc1ccc(C(CC(C)C)C(C)C)cc1)C1CCCCC1. The number of benzene rings is 1. The Hall–Kier alpha value is -1.51. The first kappa shape index (κ1) is 24.8. The second kappa shape index (κ2) is 11.8. The average Bonchev–Trinajstić information content (AvgIpc) is 2.75. The summed E-state index contributed by atoms with van der Waals surface area (Å²) < 4.78 is 11.9. The summed E-state index contributed by atoms with van der Waals surface area (Å²) in [5, 5.41) is 0. The molecule has 0 aliphatic heterocycles. The van der Waals surface area contributed by atoms with Gasteiger partial charge in [-0.1, -0.05) is 72.9 Å². The fourth-order valence-electron chi connectivity index (χ4n) is 5.19. The molecule has 1 atom stereocenters. The Morgan fingerprint density at radius 1 is 1.00 bits per heavy atom. The van der Waals surface area contributed by atoms with Crippen molar-refractivity contribution >= 4 is 5.97 Å². The Labute approximate surface area is 184 Å². The van der Waals surface area contributed by atoms with Crippen LogP contribution in [0.5, 0.6) is 5.75 Å². The first-order chi connectivity index (χ1) is 14.3. The van der Waals surface area contributed by atoms with E-state index in [0.717, 1.165) is 18.6 Å². The van der Waals surface area contributed by atoms with Crippen molar-refractivity contribution in [1.82, 2.24) is 0 Å². The Kier molecular flexibility index (Phi) is 9.71. The van der Waals surface area contributed by atoms with Crippen LogP contribution in [0.25, 0.3) is 0 Å². The van der Waals surface area contributed by atoms with E-state index < -0.39 is 0 Å². The average molecular weight is 417 g/mol. The number of ether oxygens (including phenoxy) is 2. The van der Waals surface area contributed by atoms with Crippen LogP contribution in [-0.4, -0.2) is 18.2 Å². The molecule has 2 rings (SSSR count). The molecule has 0 N–H and O–H groups in total. The molecular formula is C27H44O3. The van der Waals surface area contributed by atoms with Crippen molar-refractivity contribution in [3.8, 4) is 5.75 Å². The molecule has 0 saturated heterocycles. The van der Waals surface area contributed by atoms with E-state index in [1.54, 1.807) is 0 Å². The lowest BCUT2D eigenvalue weighted by Gasteiger charge is -2.41. The van der Waals surface area contributed by atoms with Gasteiger partial charge in [0.25, 0.3) is 0 Å². The monoisotopic (exact) mass is 416 g/mol. The van der Waals surface area contributed by atoms with Crippen molar-refractivity contribution in [2.45, 2.75) is 104 Å². The first-order valence-corrected chi connectivity index (χ1v) is 12.3. The topological polar surface area (TPSA) is 35.5 Å². The van der Waals surface area contributed by atoms with Crippen LogP contribution in [0.3, 0.4) is 0 Å². The summed E-state index contributed by atoms with van der Waals surface area (Å²) in [6.07, 6.45) is 9.09. The lowest BCUT2D eigenvalue weighted by atomic mass is 9.74. The van der Waals surface area contributed by atoms with Crippen LogP contribution >= 0.6 is 0 Å². The normalized spacial score (nSPS) is 16.7. The third-order valence-corrected chi connectivity index (χ3v) is 7.06. The van der Waals surface area contributed by atoms with E-state index in [0.29, 0.717) is 23.7 Å². The maximum absolute atomic E-state index is 12.6. The molecule has 0 heterocycles. The molecule has 30 heavy (non-hydrogen) atoms. The number of carbonyl (C=O) groups is 1. The fraction of sp³-hybridized carbons (Fsp3) is 0.741. The van der Waals surface area contributed by atoms with E-state index in [1.807, 2.05) is 12.1 Å². The highest BCUT2D eigenvalue weighted by molar-refractivity contribution is 5.71. The molecule has 1 aromatic carbocycles. The molecule has 1 aliphatic rings. The van der Waals surface area contributed by atoms with Gasteiger partial charge in [-0.2, -0.15) is 0 Å². The molecule has 1 aromatic rings. The quantitative estimate of drug-likeness (QED) is 0.350. The highest BCUT2D eigenvalue weighted by Crippen LogP contribution is 2.39. The zero-order chi connectivity index (χ0) is 22.1. The highest BCUT2D eigenvalue weighted by atomic mass is 16.6. The maximum Gasteiger partial charge on any atom is 0.344 e. The van der Waals surface area contributed by atoms with Crippen molar-refractivity contribution in [3.05, 3.63) is 29.8 Å². The van der Waals surface area contributed by atoms with Crippen molar-refractivity contribution in [2.75, 3.05) is 6.61 Å². The second-order valence-electron chi connectivity index (χ2n) is 9.92. The molecule has 0 bridgehead atoms. The Balaban J connectivity index is 1.94. The summed E-state index contributed by atoms with van der Waals surface area (Å²) in [5.74, 6) is 2.80. The van der Waals surface area contributed by atoms with Gasteiger partial charge in [-0.15, -0.1) is 0 Å². The van der Waals surface area contributed by atoms with Crippen LogP contribution in [0.1, 0.15) is 104 Å². The standard InChI is InChI=1S/C27H44O3/c1-7-27(8-2,23-12-10-9-11-13-23)30-26(28)19-29-24-16-14-22(15-17-24)25(21(5)6)18-20(3)4/h14-17,20-21,23,25H,7-13,18-19H2,1-6H3. The minimum Gasteiger partial charge on any atom is -0.482 e. The van der Waals surface area contributed by atoms with Crippen molar-refractivity contribution in [1.29, 1.82) is 0 Å². The van der Waals surface area contributed by atoms with Crippen LogP contribution in [0.15, 0.2) is 24.3 Å². The van der Waals surface area contributed by atoms with Crippen molar-refractivity contribution < 1.29 is 14.3 Å². The van der Waals surface area contributed by atoms with Crippen LogP contribution in [0, 0.1) is 17.8 Å². The van der Waals surface area contributed by atoms with E-state index in [4.69, 9.17) is 9.47 Å². The van der Waals surface area contributed by atoms with Gasteiger partial charge in [0.15, 0.2) is 6.61 Å². The van der Waals surface area contributed by atoms with Gasteiger partial charge in [0.05, 0.1) is 0 Å². The van der Waals surface area contributed by atoms with Crippen LogP contribution < -0.4 is 4.74 Å². The molecule has 3 nitrogen and oxygen atoms in total. The molecule has 0 radical (unpaired) electrons. The zero-order valence-electron chi connectivity index (χ0n) is 20.2. The van der Waals surface area contributed by atoms with E-state index in [-0.39, 0.29) is 18.2 Å². The smallest absolute Gasteiger partial charge is 0.344 e. The predicted octanol–water partition coefficient (Wildman–Crippen LogP) is 7.53. The molecule has 3 heteroatoms. The molecule has 0 amide bonds. The van der Waals surface area contributed by atoms with Gasteiger partial charge in [0.1, 0.15) is 11.4 Å². The molecular weight excluding hydrogens is 372 g/mol. The van der Waals surface area contributed by atoms with Crippen LogP contribution in [0.2, 0.25) is 0 Å². The summed E-state index contributed by atoms with van der Waals surface area (Å²) in [4.78, 5) is 12.6. The zero-order valence-corrected chi connectivity index (χ0v) is 20.2. The second-order valence-corrected chi connectivity index (χ2v) is 9.92. The fourth-order valence-corrected chi connectivity index (χ4v) is 5.19. The lowest BCUT2D eigenvalue weighted by Crippen LogP contribution is -2.43. The van der Waals surface area contributed by atoms with Gasteiger partial charge in [-0.3, -0.25) is 0 Å². The summed E-state index contributed by atoms with van der Waals surface area (Å²) in [7, 11) is 0. The van der Waals surface area contributed by atoms with E-state index >= 15 is 0 Å². The minimum absolute atomic E-state index is 0.0204. The summed E-state index contributed by atoms with van der Waals surface area (Å²) in [6, 6.07) is 8.29. The van der Waals surface area contributed by atoms with E-state index in [9.17, 15) is 4.79 Å². The third kappa shape index (κ3) is 6.75. The number of rotatable bonds is 11. The van der Waals surface area contributed by atoms with Crippen LogP contribution in [0.4, 0.5) is 0 Å². The number of carbonyl (C=O) groups excluding carboxylic acids is 1. The minimum atomic E-state index is -0.327. The van der Waals surface area contributed by atoms with Crippen molar-refractivity contribution in [3.63, 3.8) is 0 Å². The Morgan fingerprint density at radius 3 is 2.10 bits per heavy atom. The van der Waals surface area contributed by atoms with Gasteiger partial charge >= 0.3 is 5.97 Å². The molecule has 1 unspecified atom stereocenters. The number of esters is 1. The number of hydrogen-bond acceptors (Lipinski definition) is 3. The maximum atomic E-state index is 12.6. The summed E-state index contributed by atoms with van der Waals surface area (Å²) in [5.41, 5.74) is 1.02. The van der Waals surface area contributed by atoms with Gasteiger partial charge in [-0.05, 0) is 73.5 Å². The van der Waals surface area contributed by atoms with Gasteiger partial charge < -0.3 is 9.47 Å². The molecule has 1 saturated carbocycles. The van der Waals surface area contributed by atoms with Gasteiger partial charge in [0, 0.05) is 0 Å². The molecule has 1 aliphatic carbocycles.